The van der Waals surface area contributed by atoms with Gasteiger partial charge in [-0.1, -0.05) is 0 Å². The number of sulfone groups is 1. The van der Waals surface area contributed by atoms with Crippen LogP contribution in [0.25, 0.3) is 5.69 Å². The van der Waals surface area contributed by atoms with E-state index >= 15 is 0 Å². The van der Waals surface area contributed by atoms with Gasteiger partial charge in [-0.2, -0.15) is 4.98 Å². The Hall–Kier alpha value is -2.33. The van der Waals surface area contributed by atoms with Crippen LogP contribution in [0.2, 0.25) is 0 Å². The fourth-order valence-electron chi connectivity index (χ4n) is 3.16. The summed E-state index contributed by atoms with van der Waals surface area (Å²) in [7, 11) is -3.29. The molecule has 1 aromatic carbocycles. The smallest absolute Gasteiger partial charge is 0.410 e. The van der Waals surface area contributed by atoms with Crippen molar-refractivity contribution in [3.8, 4) is 5.69 Å². The van der Waals surface area contributed by atoms with Crippen LogP contribution in [0, 0.1) is 0 Å². The summed E-state index contributed by atoms with van der Waals surface area (Å²) in [5.74, 6) is 0. The first-order valence-electron chi connectivity index (χ1n) is 9.97. The van der Waals surface area contributed by atoms with Crippen molar-refractivity contribution in [2.45, 2.75) is 54.4 Å². The highest BCUT2D eigenvalue weighted by molar-refractivity contribution is 7.99. The molecule has 8 nitrogen and oxygen atoms in total. The van der Waals surface area contributed by atoms with Crippen molar-refractivity contribution >= 4 is 27.7 Å². The Morgan fingerprint density at radius 1 is 1.13 bits per heavy atom. The summed E-state index contributed by atoms with van der Waals surface area (Å²) < 4.78 is 30.0. The number of hydrogen-bond acceptors (Lipinski definition) is 7. The van der Waals surface area contributed by atoms with Crippen molar-refractivity contribution in [2.24, 2.45) is 0 Å². The quantitative estimate of drug-likeness (QED) is 0.640. The maximum absolute atomic E-state index is 12.5. The molecule has 0 unspecified atom stereocenters. The fourth-order valence-corrected chi connectivity index (χ4v) is 4.85. The highest BCUT2D eigenvalue weighted by atomic mass is 32.2. The van der Waals surface area contributed by atoms with Crippen molar-refractivity contribution < 1.29 is 17.9 Å². The molecule has 1 saturated heterocycles. The fraction of sp³-hybridized carbons (Fsp3) is 0.476. The second-order valence-electron chi connectivity index (χ2n) is 8.47. The zero-order valence-corrected chi connectivity index (χ0v) is 19.7. The van der Waals surface area contributed by atoms with Crippen molar-refractivity contribution in [1.82, 2.24) is 14.5 Å². The minimum atomic E-state index is -3.29. The summed E-state index contributed by atoms with van der Waals surface area (Å²) in [6, 6.07) is 7.88. The predicted octanol–water partition coefficient (Wildman–Crippen LogP) is 3.13. The van der Waals surface area contributed by atoms with E-state index in [4.69, 9.17) is 4.74 Å². The molecule has 1 aromatic heterocycles. The Balaban J connectivity index is 1.61. The molecule has 168 valence electrons. The van der Waals surface area contributed by atoms with E-state index in [-0.39, 0.29) is 16.2 Å². The number of benzene rings is 1. The second-order valence-corrected chi connectivity index (χ2v) is 11.8. The van der Waals surface area contributed by atoms with Gasteiger partial charge >= 0.3 is 11.8 Å². The molecule has 0 saturated carbocycles. The molecule has 1 aliphatic heterocycles. The molecule has 1 amide bonds. The number of hydrogen-bond donors (Lipinski definition) is 0. The molecule has 0 spiro atoms. The largest absolute Gasteiger partial charge is 0.444 e. The van der Waals surface area contributed by atoms with Crippen molar-refractivity contribution in [3.05, 3.63) is 47.0 Å². The van der Waals surface area contributed by atoms with Crippen LogP contribution in [-0.4, -0.2) is 59.2 Å². The van der Waals surface area contributed by atoms with Crippen LogP contribution in [0.15, 0.2) is 51.2 Å². The number of ether oxygens (including phenoxy) is 1. The summed E-state index contributed by atoms with van der Waals surface area (Å²) in [5.41, 5.74) is -0.391. The summed E-state index contributed by atoms with van der Waals surface area (Å²) in [6.07, 6.45) is 4.07. The van der Waals surface area contributed by atoms with E-state index in [9.17, 15) is 18.0 Å². The minimum Gasteiger partial charge on any atom is -0.444 e. The van der Waals surface area contributed by atoms with Crippen molar-refractivity contribution in [1.29, 1.82) is 0 Å². The first kappa shape index (κ1) is 23.3. The van der Waals surface area contributed by atoms with Gasteiger partial charge in [0.15, 0.2) is 9.84 Å². The normalized spacial score (nSPS) is 15.7. The predicted molar refractivity (Wildman–Crippen MR) is 120 cm³/mol. The van der Waals surface area contributed by atoms with E-state index < -0.39 is 21.1 Å². The topological polar surface area (TPSA) is 98.6 Å². The SMILES string of the molecule is CC(C)(C)OC(=O)N1CCC(Sc2ccn(-c3ccc(S(C)(=O)=O)cc3)c(=O)n2)CC1. The van der Waals surface area contributed by atoms with Gasteiger partial charge in [0.05, 0.1) is 10.6 Å². The van der Waals surface area contributed by atoms with Gasteiger partial charge in [0.1, 0.15) is 10.6 Å². The third-order valence-electron chi connectivity index (χ3n) is 4.70. The number of amides is 1. The van der Waals surface area contributed by atoms with E-state index in [1.807, 2.05) is 20.8 Å². The molecule has 3 rings (SSSR count). The Bertz CT molecular complexity index is 1100. The van der Waals surface area contributed by atoms with Crippen LogP contribution >= 0.6 is 11.8 Å². The maximum Gasteiger partial charge on any atom is 0.410 e. The van der Waals surface area contributed by atoms with Gasteiger partial charge in [-0.15, -0.1) is 11.8 Å². The molecular weight excluding hydrogens is 438 g/mol. The van der Waals surface area contributed by atoms with Crippen LogP contribution in [-0.2, 0) is 14.6 Å². The number of nitrogens with zero attached hydrogens (tertiary/aromatic N) is 3. The lowest BCUT2D eigenvalue weighted by Crippen LogP contribution is -2.42. The summed E-state index contributed by atoms with van der Waals surface area (Å²) in [5, 5.41) is 0.889. The van der Waals surface area contributed by atoms with Gasteiger partial charge in [0.2, 0.25) is 0 Å². The Morgan fingerprint density at radius 2 is 1.74 bits per heavy atom. The molecule has 0 bridgehead atoms. The van der Waals surface area contributed by atoms with E-state index in [0.717, 1.165) is 19.1 Å². The van der Waals surface area contributed by atoms with Gasteiger partial charge in [-0.25, -0.2) is 18.0 Å². The van der Waals surface area contributed by atoms with Gasteiger partial charge < -0.3 is 9.64 Å². The standard InChI is InChI=1S/C21H27N3O5S2/c1-21(2,3)29-20(26)23-12-9-16(10-13-23)30-18-11-14-24(19(25)22-18)15-5-7-17(8-6-15)31(4,27)28/h5-8,11,14,16H,9-10,12-13H2,1-4H3. The van der Waals surface area contributed by atoms with Gasteiger partial charge in [-0.3, -0.25) is 4.57 Å². The lowest BCUT2D eigenvalue weighted by Gasteiger charge is -2.33. The number of thioether (sulfide) groups is 1. The first-order chi connectivity index (χ1) is 14.4. The van der Waals surface area contributed by atoms with Gasteiger partial charge in [-0.05, 0) is 63.9 Å². The molecule has 0 aliphatic carbocycles. The molecule has 0 N–H and O–H groups in total. The van der Waals surface area contributed by atoms with Crippen molar-refractivity contribution in [3.63, 3.8) is 0 Å². The third-order valence-corrected chi connectivity index (χ3v) is 7.10. The van der Waals surface area contributed by atoms with Crippen LogP contribution < -0.4 is 5.69 Å². The van der Waals surface area contributed by atoms with Crippen LogP contribution in [0.5, 0.6) is 0 Å². The lowest BCUT2D eigenvalue weighted by molar-refractivity contribution is 0.0219. The second kappa shape index (κ2) is 9.04. The summed E-state index contributed by atoms with van der Waals surface area (Å²) in [6.45, 7) is 6.76. The zero-order chi connectivity index (χ0) is 22.8. The molecule has 0 radical (unpaired) electrons. The molecular formula is C21H27N3O5S2. The van der Waals surface area contributed by atoms with E-state index in [2.05, 4.69) is 4.98 Å². The lowest BCUT2D eigenvalue weighted by atomic mass is 10.1. The molecule has 31 heavy (non-hydrogen) atoms. The highest BCUT2D eigenvalue weighted by Gasteiger charge is 2.27. The van der Waals surface area contributed by atoms with E-state index in [0.29, 0.717) is 23.8 Å². The monoisotopic (exact) mass is 465 g/mol. The Kier molecular flexibility index (Phi) is 6.80. The number of piperidine rings is 1. The average Bonchev–Trinajstić information content (AvgIpc) is 2.67. The molecule has 1 aliphatic rings. The molecule has 2 aromatic rings. The van der Waals surface area contributed by atoms with E-state index in [1.165, 1.54) is 28.5 Å². The number of aromatic nitrogens is 2. The highest BCUT2D eigenvalue weighted by Crippen LogP contribution is 2.29. The van der Waals surface area contributed by atoms with Gasteiger partial charge in [0, 0.05) is 30.8 Å². The molecule has 2 heterocycles. The zero-order valence-electron chi connectivity index (χ0n) is 18.1. The third kappa shape index (κ3) is 6.33. The maximum atomic E-state index is 12.5. The average molecular weight is 466 g/mol. The van der Waals surface area contributed by atoms with E-state index in [1.54, 1.807) is 29.3 Å². The van der Waals surface area contributed by atoms with Crippen molar-refractivity contribution in [2.75, 3.05) is 19.3 Å². The molecule has 1 fully saturated rings. The molecule has 0 atom stereocenters. The van der Waals surface area contributed by atoms with Crippen LogP contribution in [0.4, 0.5) is 4.79 Å². The number of likely N-dealkylation sites (tertiary alicyclic amines) is 1. The van der Waals surface area contributed by atoms with Gasteiger partial charge in [0.25, 0.3) is 0 Å². The number of carbonyl (C=O) groups is 1. The first-order valence-corrected chi connectivity index (χ1v) is 12.7. The van der Waals surface area contributed by atoms with Crippen LogP contribution in [0.3, 0.4) is 0 Å². The number of carbonyl (C=O) groups excluding carboxylic acids is 1. The summed E-state index contributed by atoms with van der Waals surface area (Å²) >= 11 is 1.53. The Morgan fingerprint density at radius 3 is 2.26 bits per heavy atom. The summed E-state index contributed by atoms with van der Waals surface area (Å²) in [4.78, 5) is 30.7. The minimum absolute atomic E-state index is 0.196. The van der Waals surface area contributed by atoms with Crippen LogP contribution in [0.1, 0.15) is 33.6 Å². The molecule has 10 heteroatoms. The Labute approximate surface area is 186 Å². The number of rotatable bonds is 4.